The number of nitrogens with two attached hydrogens (primary N) is 1. The maximum absolute atomic E-state index is 11.0. The first-order chi connectivity index (χ1) is 8.51. The maximum atomic E-state index is 11.0. The maximum Gasteiger partial charge on any atom is 0.328 e. The number of aryl methyl sites for hydroxylation is 1. The minimum absolute atomic E-state index is 0.266. The molecular formula is C13H15NO4. The highest BCUT2D eigenvalue weighted by atomic mass is 16.5. The molecule has 0 aliphatic carbocycles. The van der Waals surface area contributed by atoms with Gasteiger partial charge in [-0.05, 0) is 35.8 Å². The van der Waals surface area contributed by atoms with Gasteiger partial charge in [0, 0.05) is 18.2 Å². The van der Waals surface area contributed by atoms with Gasteiger partial charge in [-0.3, -0.25) is 4.79 Å². The molecule has 5 heteroatoms. The molecule has 3 N–H and O–H groups in total. The minimum Gasteiger partial charge on any atom is -0.478 e. The van der Waals surface area contributed by atoms with E-state index in [1.165, 1.54) is 13.2 Å². The number of anilines is 1. The zero-order valence-electron chi connectivity index (χ0n) is 10.1. The van der Waals surface area contributed by atoms with E-state index in [-0.39, 0.29) is 12.4 Å². The van der Waals surface area contributed by atoms with Gasteiger partial charge in [-0.1, -0.05) is 6.07 Å². The van der Waals surface area contributed by atoms with Crippen LogP contribution in [-0.2, 0) is 20.7 Å². The molecule has 18 heavy (non-hydrogen) atoms. The Morgan fingerprint density at radius 2 is 2.11 bits per heavy atom. The summed E-state index contributed by atoms with van der Waals surface area (Å²) in [5.41, 5.74) is 7.80. The number of carboxylic acid groups (broad SMARTS) is 1. The summed E-state index contributed by atoms with van der Waals surface area (Å²) in [4.78, 5) is 21.4. The third kappa shape index (κ3) is 4.69. The molecule has 0 radical (unpaired) electrons. The summed E-state index contributed by atoms with van der Waals surface area (Å²) in [7, 11) is 1.34. The van der Waals surface area contributed by atoms with Crippen molar-refractivity contribution in [2.45, 2.75) is 12.8 Å². The van der Waals surface area contributed by atoms with E-state index in [1.54, 1.807) is 18.2 Å². The number of benzene rings is 1. The predicted octanol–water partition coefficient (Wildman–Crippen LogP) is 1.47. The third-order valence-electron chi connectivity index (χ3n) is 2.30. The van der Waals surface area contributed by atoms with E-state index in [2.05, 4.69) is 4.74 Å². The van der Waals surface area contributed by atoms with Crippen LogP contribution in [0.4, 0.5) is 5.69 Å². The summed E-state index contributed by atoms with van der Waals surface area (Å²) >= 11 is 0. The van der Waals surface area contributed by atoms with Crippen LogP contribution in [0, 0.1) is 0 Å². The predicted molar refractivity (Wildman–Crippen MR) is 67.9 cm³/mol. The summed E-state index contributed by atoms with van der Waals surface area (Å²) < 4.78 is 4.55. The SMILES string of the molecule is COC(=O)CCc1cc(N)cc(/C=C/C(=O)O)c1. The van der Waals surface area contributed by atoms with Crippen LogP contribution in [0.1, 0.15) is 17.5 Å². The molecule has 1 aromatic rings. The van der Waals surface area contributed by atoms with Gasteiger partial charge in [0.05, 0.1) is 7.11 Å². The lowest BCUT2D eigenvalue weighted by Crippen LogP contribution is -2.02. The number of carboxylic acids is 1. The van der Waals surface area contributed by atoms with Crippen molar-refractivity contribution in [1.29, 1.82) is 0 Å². The Morgan fingerprint density at radius 1 is 1.39 bits per heavy atom. The molecule has 0 aliphatic rings. The van der Waals surface area contributed by atoms with Gasteiger partial charge in [0.25, 0.3) is 0 Å². The van der Waals surface area contributed by atoms with Crippen molar-refractivity contribution < 1.29 is 19.4 Å². The average Bonchev–Trinajstić information content (AvgIpc) is 2.33. The van der Waals surface area contributed by atoms with Crippen molar-refractivity contribution in [3.05, 3.63) is 35.4 Å². The van der Waals surface area contributed by atoms with Crippen molar-refractivity contribution in [2.75, 3.05) is 12.8 Å². The summed E-state index contributed by atoms with van der Waals surface area (Å²) in [6.45, 7) is 0. The summed E-state index contributed by atoms with van der Waals surface area (Å²) in [5, 5.41) is 8.54. The number of carbonyl (C=O) groups is 2. The van der Waals surface area contributed by atoms with Gasteiger partial charge in [0.15, 0.2) is 0 Å². The number of hydrogen-bond acceptors (Lipinski definition) is 4. The van der Waals surface area contributed by atoms with Crippen molar-refractivity contribution in [2.24, 2.45) is 0 Å². The van der Waals surface area contributed by atoms with Crippen LogP contribution in [0.2, 0.25) is 0 Å². The topological polar surface area (TPSA) is 89.6 Å². The Morgan fingerprint density at radius 3 is 2.72 bits per heavy atom. The summed E-state index contributed by atoms with van der Waals surface area (Å²) in [6.07, 6.45) is 3.27. The zero-order valence-corrected chi connectivity index (χ0v) is 10.1. The van der Waals surface area contributed by atoms with Crippen LogP contribution in [0.25, 0.3) is 6.08 Å². The Labute approximate surface area is 105 Å². The molecule has 0 unspecified atom stereocenters. The normalized spacial score (nSPS) is 10.5. The molecule has 0 saturated heterocycles. The molecule has 0 spiro atoms. The molecule has 0 aliphatic heterocycles. The van der Waals surface area contributed by atoms with Gasteiger partial charge in [-0.15, -0.1) is 0 Å². The molecule has 1 rings (SSSR count). The smallest absolute Gasteiger partial charge is 0.328 e. The number of aliphatic carboxylic acids is 1. The Bertz CT molecular complexity index is 480. The fourth-order valence-electron chi connectivity index (χ4n) is 1.50. The van der Waals surface area contributed by atoms with Crippen LogP contribution >= 0.6 is 0 Å². The van der Waals surface area contributed by atoms with Gasteiger partial charge in [0.2, 0.25) is 0 Å². The molecular weight excluding hydrogens is 234 g/mol. The number of nitrogen functional groups attached to an aromatic ring is 1. The highest BCUT2D eigenvalue weighted by Crippen LogP contribution is 2.15. The van der Waals surface area contributed by atoms with Crippen LogP contribution < -0.4 is 5.73 Å². The van der Waals surface area contributed by atoms with Gasteiger partial charge < -0.3 is 15.6 Å². The fourth-order valence-corrected chi connectivity index (χ4v) is 1.50. The molecule has 1 aromatic carbocycles. The van der Waals surface area contributed by atoms with Crippen LogP contribution in [0.5, 0.6) is 0 Å². The number of methoxy groups -OCH3 is 1. The standard InChI is InChI=1S/C13H15NO4/c1-18-13(17)5-3-10-6-9(2-4-12(15)16)7-11(14)8-10/h2,4,6-8H,3,5,14H2,1H3,(H,15,16)/b4-2+. The van der Waals surface area contributed by atoms with Gasteiger partial charge in [-0.2, -0.15) is 0 Å². The summed E-state index contributed by atoms with van der Waals surface area (Å²) in [5.74, 6) is -1.31. The highest BCUT2D eigenvalue weighted by Gasteiger charge is 2.03. The number of esters is 1. The molecule has 0 aromatic heterocycles. The van der Waals surface area contributed by atoms with Gasteiger partial charge >= 0.3 is 11.9 Å². The van der Waals surface area contributed by atoms with E-state index in [4.69, 9.17) is 10.8 Å². The lowest BCUT2D eigenvalue weighted by molar-refractivity contribution is -0.140. The van der Waals surface area contributed by atoms with E-state index in [9.17, 15) is 9.59 Å². The molecule has 0 bridgehead atoms. The molecule has 96 valence electrons. The molecule has 0 fully saturated rings. The molecule has 0 heterocycles. The van der Waals surface area contributed by atoms with E-state index in [0.29, 0.717) is 17.7 Å². The highest BCUT2D eigenvalue weighted by molar-refractivity contribution is 5.85. The van der Waals surface area contributed by atoms with Crippen molar-refractivity contribution >= 4 is 23.7 Å². The second-order valence-corrected chi connectivity index (χ2v) is 3.76. The van der Waals surface area contributed by atoms with Gasteiger partial charge in [-0.25, -0.2) is 4.79 Å². The summed E-state index contributed by atoms with van der Waals surface area (Å²) in [6, 6.07) is 5.21. The largest absolute Gasteiger partial charge is 0.478 e. The van der Waals surface area contributed by atoms with E-state index < -0.39 is 5.97 Å². The number of rotatable bonds is 5. The molecule has 5 nitrogen and oxygen atoms in total. The first kappa shape index (κ1) is 13.8. The average molecular weight is 249 g/mol. The number of carbonyl (C=O) groups excluding carboxylic acids is 1. The molecule has 0 saturated carbocycles. The zero-order chi connectivity index (χ0) is 13.5. The first-order valence-electron chi connectivity index (χ1n) is 5.38. The lowest BCUT2D eigenvalue weighted by Gasteiger charge is -2.04. The second kappa shape index (κ2) is 6.44. The van der Waals surface area contributed by atoms with Crippen LogP contribution in [0.15, 0.2) is 24.3 Å². The Balaban J connectivity index is 2.80. The van der Waals surface area contributed by atoms with Crippen LogP contribution in [-0.4, -0.2) is 24.2 Å². The van der Waals surface area contributed by atoms with Crippen molar-refractivity contribution in [3.8, 4) is 0 Å². The first-order valence-corrected chi connectivity index (χ1v) is 5.38. The van der Waals surface area contributed by atoms with E-state index in [1.807, 2.05) is 0 Å². The quantitative estimate of drug-likeness (QED) is 0.468. The van der Waals surface area contributed by atoms with Crippen LogP contribution in [0.3, 0.4) is 0 Å². The van der Waals surface area contributed by atoms with E-state index in [0.717, 1.165) is 11.6 Å². The van der Waals surface area contributed by atoms with Crippen molar-refractivity contribution in [3.63, 3.8) is 0 Å². The minimum atomic E-state index is -1.02. The van der Waals surface area contributed by atoms with E-state index >= 15 is 0 Å². The fraction of sp³-hybridized carbons (Fsp3) is 0.231. The monoisotopic (exact) mass is 249 g/mol. The molecule has 0 amide bonds. The Hall–Kier alpha value is -2.30. The number of ether oxygens (including phenoxy) is 1. The van der Waals surface area contributed by atoms with Crippen molar-refractivity contribution in [1.82, 2.24) is 0 Å². The lowest BCUT2D eigenvalue weighted by atomic mass is 10.0. The molecule has 0 atom stereocenters. The Kier molecular flexibility index (Phi) is 4.92. The third-order valence-corrected chi connectivity index (χ3v) is 2.30. The number of hydrogen-bond donors (Lipinski definition) is 2. The van der Waals surface area contributed by atoms with Gasteiger partial charge in [0.1, 0.15) is 0 Å². The second-order valence-electron chi connectivity index (χ2n) is 3.76.